The summed E-state index contributed by atoms with van der Waals surface area (Å²) in [5.41, 5.74) is -0.791. The van der Waals surface area contributed by atoms with Gasteiger partial charge in [-0.05, 0) is 52.5 Å². The van der Waals surface area contributed by atoms with Gasteiger partial charge in [0.1, 0.15) is 12.1 Å². The molecule has 1 fully saturated rings. The quantitative estimate of drug-likeness (QED) is 0.740. The molecule has 1 heterocycles. The molecule has 0 saturated heterocycles. The van der Waals surface area contributed by atoms with Gasteiger partial charge < -0.3 is 15.4 Å². The molecular formula is C24H34N4O4. The van der Waals surface area contributed by atoms with E-state index in [9.17, 15) is 14.4 Å². The Bertz CT molecular complexity index is 1060. The van der Waals surface area contributed by atoms with Crippen LogP contribution in [0.3, 0.4) is 0 Å². The van der Waals surface area contributed by atoms with Crippen LogP contribution in [0.2, 0.25) is 0 Å². The number of nitrogens with zero attached hydrogens (tertiary/aromatic N) is 2. The molecule has 32 heavy (non-hydrogen) atoms. The maximum absolute atomic E-state index is 13.0. The maximum Gasteiger partial charge on any atom is 0.407 e. The van der Waals surface area contributed by atoms with Gasteiger partial charge in [-0.15, -0.1) is 0 Å². The molecule has 1 aliphatic rings. The predicted molar refractivity (Wildman–Crippen MR) is 123 cm³/mol. The summed E-state index contributed by atoms with van der Waals surface area (Å²) in [5, 5.41) is 11.6. The van der Waals surface area contributed by atoms with E-state index in [1.165, 1.54) is 4.68 Å². The molecule has 0 radical (unpaired) electrons. The molecule has 2 N–H and O–H groups in total. The fourth-order valence-corrected chi connectivity index (χ4v) is 4.42. The Hall–Kier alpha value is -2.90. The van der Waals surface area contributed by atoms with Gasteiger partial charge in [-0.1, -0.05) is 38.0 Å². The Balaban J connectivity index is 1.77. The van der Waals surface area contributed by atoms with Crippen LogP contribution in [0.5, 0.6) is 0 Å². The molecule has 2 aromatic rings. The standard InChI is InChI=1S/C24H34N4O4/c1-16-10-8-9-13-24(16,15-25-22(31)32-23(3,4)5)26-20(29)14-28-21(30)19-12-7-6-11-18(19)17(2)27-28/h6-7,11-12,16H,8-10,13-15H2,1-5H3,(H,25,31)(H,26,29)/t16-,24-/m0/s1. The number of ether oxygens (including phenoxy) is 1. The van der Waals surface area contributed by atoms with Gasteiger partial charge in [0.25, 0.3) is 5.56 Å². The minimum Gasteiger partial charge on any atom is -0.444 e. The normalized spacial score (nSPS) is 21.2. The summed E-state index contributed by atoms with van der Waals surface area (Å²) >= 11 is 0. The molecule has 1 aliphatic carbocycles. The van der Waals surface area contributed by atoms with E-state index in [0.29, 0.717) is 11.1 Å². The molecule has 1 aromatic heterocycles. The van der Waals surface area contributed by atoms with Crippen molar-refractivity contribution in [2.45, 2.75) is 78.0 Å². The predicted octanol–water partition coefficient (Wildman–Crippen LogP) is 3.29. The summed E-state index contributed by atoms with van der Waals surface area (Å²) in [5.74, 6) is -0.132. The highest BCUT2D eigenvalue weighted by Gasteiger charge is 2.40. The van der Waals surface area contributed by atoms with E-state index >= 15 is 0 Å². The van der Waals surface area contributed by atoms with Crippen molar-refractivity contribution in [1.29, 1.82) is 0 Å². The van der Waals surface area contributed by atoms with Crippen LogP contribution < -0.4 is 16.2 Å². The lowest BCUT2D eigenvalue weighted by Crippen LogP contribution is -2.61. The largest absolute Gasteiger partial charge is 0.444 e. The average Bonchev–Trinajstić information content (AvgIpc) is 2.71. The first-order valence-electron chi connectivity index (χ1n) is 11.2. The Kier molecular flexibility index (Phi) is 6.91. The highest BCUT2D eigenvalue weighted by atomic mass is 16.6. The van der Waals surface area contributed by atoms with Gasteiger partial charge in [-0.2, -0.15) is 5.10 Å². The molecule has 1 aromatic carbocycles. The van der Waals surface area contributed by atoms with E-state index in [2.05, 4.69) is 22.7 Å². The second kappa shape index (κ2) is 9.30. The number of benzene rings is 1. The summed E-state index contributed by atoms with van der Waals surface area (Å²) in [4.78, 5) is 38.1. The first-order valence-corrected chi connectivity index (χ1v) is 11.2. The molecule has 3 rings (SSSR count). The molecule has 174 valence electrons. The van der Waals surface area contributed by atoms with Crippen molar-refractivity contribution in [3.8, 4) is 0 Å². The van der Waals surface area contributed by atoms with Crippen molar-refractivity contribution in [2.24, 2.45) is 5.92 Å². The second-order valence-corrected chi connectivity index (χ2v) is 9.80. The number of aryl methyl sites for hydroxylation is 1. The van der Waals surface area contributed by atoms with Crippen molar-refractivity contribution >= 4 is 22.8 Å². The molecule has 0 spiro atoms. The van der Waals surface area contributed by atoms with Gasteiger partial charge in [-0.25, -0.2) is 9.48 Å². The molecule has 0 unspecified atom stereocenters. The number of hydrogen-bond donors (Lipinski definition) is 2. The number of hydrogen-bond acceptors (Lipinski definition) is 5. The summed E-state index contributed by atoms with van der Waals surface area (Å²) in [7, 11) is 0. The molecule has 8 heteroatoms. The second-order valence-electron chi connectivity index (χ2n) is 9.80. The van der Waals surface area contributed by atoms with Gasteiger partial charge >= 0.3 is 6.09 Å². The lowest BCUT2D eigenvalue weighted by molar-refractivity contribution is -0.125. The van der Waals surface area contributed by atoms with E-state index in [0.717, 1.165) is 31.1 Å². The van der Waals surface area contributed by atoms with Gasteiger partial charge in [0, 0.05) is 11.9 Å². The van der Waals surface area contributed by atoms with Crippen LogP contribution in [-0.2, 0) is 16.1 Å². The zero-order valence-corrected chi connectivity index (χ0v) is 19.7. The Morgan fingerprint density at radius 3 is 2.56 bits per heavy atom. The van der Waals surface area contributed by atoms with Crippen molar-refractivity contribution in [1.82, 2.24) is 20.4 Å². The fourth-order valence-electron chi connectivity index (χ4n) is 4.42. The number of nitrogens with one attached hydrogen (secondary N) is 2. The molecule has 0 aliphatic heterocycles. The third kappa shape index (κ3) is 5.47. The monoisotopic (exact) mass is 442 g/mol. The van der Waals surface area contributed by atoms with Crippen LogP contribution in [0.25, 0.3) is 10.8 Å². The van der Waals surface area contributed by atoms with Crippen LogP contribution in [0.4, 0.5) is 4.79 Å². The van der Waals surface area contributed by atoms with Crippen molar-refractivity contribution in [2.75, 3.05) is 6.54 Å². The smallest absolute Gasteiger partial charge is 0.407 e. The van der Waals surface area contributed by atoms with Crippen molar-refractivity contribution < 1.29 is 14.3 Å². The fraction of sp³-hybridized carbons (Fsp3) is 0.583. The number of carbonyl (C=O) groups excluding carboxylic acids is 2. The molecule has 1 saturated carbocycles. The Labute approximate surface area is 188 Å². The minimum atomic E-state index is -0.598. The van der Waals surface area contributed by atoms with Crippen molar-refractivity contribution in [3.05, 3.63) is 40.3 Å². The highest BCUT2D eigenvalue weighted by Crippen LogP contribution is 2.33. The Morgan fingerprint density at radius 1 is 1.22 bits per heavy atom. The van der Waals surface area contributed by atoms with E-state index in [4.69, 9.17) is 4.74 Å². The first-order chi connectivity index (χ1) is 15.0. The van der Waals surface area contributed by atoms with Gasteiger partial charge in [0.2, 0.25) is 5.91 Å². The maximum atomic E-state index is 13.0. The minimum absolute atomic E-state index is 0.165. The molecule has 0 bridgehead atoms. The number of aromatic nitrogens is 2. The topological polar surface area (TPSA) is 102 Å². The number of amides is 2. The average molecular weight is 443 g/mol. The van der Waals surface area contributed by atoms with Crippen LogP contribution in [-0.4, -0.2) is 39.5 Å². The summed E-state index contributed by atoms with van der Waals surface area (Å²) in [6.45, 7) is 9.43. The van der Waals surface area contributed by atoms with Gasteiger partial charge in [0.15, 0.2) is 0 Å². The molecular weight excluding hydrogens is 408 g/mol. The highest BCUT2D eigenvalue weighted by molar-refractivity contribution is 5.84. The number of carbonyl (C=O) groups is 2. The lowest BCUT2D eigenvalue weighted by Gasteiger charge is -2.43. The third-order valence-electron chi connectivity index (χ3n) is 6.13. The van der Waals surface area contributed by atoms with Crippen LogP contribution in [0.15, 0.2) is 29.1 Å². The van der Waals surface area contributed by atoms with Crippen LogP contribution >= 0.6 is 0 Å². The zero-order valence-electron chi connectivity index (χ0n) is 19.7. The van der Waals surface area contributed by atoms with Crippen molar-refractivity contribution in [3.63, 3.8) is 0 Å². The summed E-state index contributed by atoms with van der Waals surface area (Å²) in [6, 6.07) is 7.26. The molecule has 2 atom stereocenters. The van der Waals surface area contributed by atoms with Crippen LogP contribution in [0.1, 0.15) is 59.1 Å². The number of alkyl carbamates (subject to hydrolysis) is 1. The van der Waals surface area contributed by atoms with E-state index in [1.807, 2.05) is 39.8 Å². The summed E-state index contributed by atoms with van der Waals surface area (Å²) < 4.78 is 6.58. The van der Waals surface area contributed by atoms with E-state index in [-0.39, 0.29) is 30.5 Å². The number of rotatable bonds is 5. The zero-order chi connectivity index (χ0) is 23.5. The summed E-state index contributed by atoms with van der Waals surface area (Å²) in [6.07, 6.45) is 3.22. The number of fused-ring (bicyclic) bond motifs is 1. The third-order valence-corrected chi connectivity index (χ3v) is 6.13. The van der Waals surface area contributed by atoms with E-state index in [1.54, 1.807) is 12.1 Å². The molecule has 2 amide bonds. The van der Waals surface area contributed by atoms with Gasteiger partial charge in [0.05, 0.1) is 16.6 Å². The SMILES string of the molecule is Cc1nn(CC(=O)N[C@]2(CNC(=O)OC(C)(C)C)CCCC[C@@H]2C)c(=O)c2ccccc12. The first kappa shape index (κ1) is 23.8. The van der Waals surface area contributed by atoms with E-state index < -0.39 is 17.2 Å². The molecule has 8 nitrogen and oxygen atoms in total. The Morgan fingerprint density at radius 2 is 1.91 bits per heavy atom. The van der Waals surface area contributed by atoms with Crippen LogP contribution in [0, 0.1) is 12.8 Å². The van der Waals surface area contributed by atoms with Gasteiger partial charge in [-0.3, -0.25) is 9.59 Å². The lowest BCUT2D eigenvalue weighted by atomic mass is 9.73.